The summed E-state index contributed by atoms with van der Waals surface area (Å²) in [4.78, 5) is 11.1. The molecule has 1 aromatic rings. The van der Waals surface area contributed by atoms with Crippen LogP contribution in [0.1, 0.15) is 11.1 Å². The highest BCUT2D eigenvalue weighted by Crippen LogP contribution is 2.05. The fourth-order valence-electron chi connectivity index (χ4n) is 1.12. The second-order valence-corrected chi connectivity index (χ2v) is 3.15. The van der Waals surface area contributed by atoms with Crippen LogP contribution in [-0.4, -0.2) is 11.9 Å². The summed E-state index contributed by atoms with van der Waals surface area (Å²) in [6.45, 7) is 1.98. The molecule has 0 aliphatic carbocycles. The van der Waals surface area contributed by atoms with Gasteiger partial charge in [-0.15, -0.1) is 0 Å². The zero-order valence-electron chi connectivity index (χ0n) is 8.45. The van der Waals surface area contributed by atoms with E-state index in [1.807, 2.05) is 31.2 Å². The number of hydrogen-bond acceptors (Lipinski definition) is 2. The maximum atomic E-state index is 11.1. The number of carbonyl (C=O) groups excluding carboxylic acids is 1. The fourth-order valence-corrected chi connectivity index (χ4v) is 1.12. The molecule has 0 saturated carbocycles. The highest BCUT2D eigenvalue weighted by Gasteiger charge is 1.95. The van der Waals surface area contributed by atoms with E-state index in [1.165, 1.54) is 6.08 Å². The largest absolute Gasteiger partial charge is 0.370 e. The predicted octanol–water partition coefficient (Wildman–Crippen LogP) is 1.02. The average molecular weight is 203 g/mol. The molecule has 0 unspecified atom stereocenters. The molecule has 4 nitrogen and oxygen atoms in total. The monoisotopic (exact) mass is 203 g/mol. The Hall–Kier alpha value is -2.10. The Kier molecular flexibility index (Phi) is 3.62. The number of guanidine groups is 1. The average Bonchev–Trinajstić information content (AvgIpc) is 2.14. The smallest absolute Gasteiger partial charge is 0.250 e. The van der Waals surface area contributed by atoms with E-state index in [0.29, 0.717) is 0 Å². The van der Waals surface area contributed by atoms with Crippen molar-refractivity contribution in [1.82, 2.24) is 5.32 Å². The molecule has 0 heterocycles. The first-order valence-electron chi connectivity index (χ1n) is 4.47. The Balaban J connectivity index is 2.65. The molecule has 0 aromatic heterocycles. The van der Waals surface area contributed by atoms with Gasteiger partial charge in [-0.05, 0) is 18.6 Å². The molecule has 0 saturated heterocycles. The molecule has 4 N–H and O–H groups in total. The van der Waals surface area contributed by atoms with Gasteiger partial charge < -0.3 is 5.73 Å². The molecule has 0 spiro atoms. The number of rotatable bonds is 2. The molecule has 78 valence electrons. The predicted molar refractivity (Wildman–Crippen MR) is 60.3 cm³/mol. The second-order valence-electron chi connectivity index (χ2n) is 3.15. The molecular weight excluding hydrogens is 190 g/mol. The SMILES string of the molecule is Cc1cccc(/C=C/C(=O)NC(=N)N)c1. The lowest BCUT2D eigenvalue weighted by atomic mass is 10.1. The first-order valence-corrected chi connectivity index (χ1v) is 4.47. The van der Waals surface area contributed by atoms with E-state index in [9.17, 15) is 4.79 Å². The Morgan fingerprint density at radius 3 is 2.87 bits per heavy atom. The summed E-state index contributed by atoms with van der Waals surface area (Å²) in [5.41, 5.74) is 7.07. The molecule has 4 heteroatoms. The van der Waals surface area contributed by atoms with E-state index in [4.69, 9.17) is 11.1 Å². The van der Waals surface area contributed by atoms with Crippen molar-refractivity contribution in [3.63, 3.8) is 0 Å². The topological polar surface area (TPSA) is 79.0 Å². The molecule has 15 heavy (non-hydrogen) atoms. The van der Waals surface area contributed by atoms with Crippen molar-refractivity contribution in [2.24, 2.45) is 5.73 Å². The Bertz CT molecular complexity index is 410. The van der Waals surface area contributed by atoms with Gasteiger partial charge in [0.25, 0.3) is 5.91 Å². The van der Waals surface area contributed by atoms with Gasteiger partial charge in [0.2, 0.25) is 0 Å². The van der Waals surface area contributed by atoms with Crippen LogP contribution in [0.2, 0.25) is 0 Å². The van der Waals surface area contributed by atoms with Crippen molar-refractivity contribution in [3.8, 4) is 0 Å². The second kappa shape index (κ2) is 4.95. The number of hydrogen-bond donors (Lipinski definition) is 3. The summed E-state index contributed by atoms with van der Waals surface area (Å²) in [5, 5.41) is 9.02. The van der Waals surface area contributed by atoms with E-state index in [0.717, 1.165) is 11.1 Å². The van der Waals surface area contributed by atoms with Crippen molar-refractivity contribution in [2.45, 2.75) is 6.92 Å². The number of nitrogens with two attached hydrogens (primary N) is 1. The summed E-state index contributed by atoms with van der Waals surface area (Å²) in [6.07, 6.45) is 3.02. The zero-order valence-corrected chi connectivity index (χ0v) is 8.45. The normalized spacial score (nSPS) is 10.2. The van der Waals surface area contributed by atoms with E-state index >= 15 is 0 Å². The lowest BCUT2D eigenvalue weighted by Crippen LogP contribution is -2.34. The minimum absolute atomic E-state index is 0.353. The molecule has 1 rings (SSSR count). The minimum Gasteiger partial charge on any atom is -0.370 e. The van der Waals surface area contributed by atoms with Crippen LogP contribution in [0.4, 0.5) is 0 Å². The van der Waals surface area contributed by atoms with Crippen LogP contribution >= 0.6 is 0 Å². The number of aryl methyl sites for hydroxylation is 1. The third-order valence-electron chi connectivity index (χ3n) is 1.73. The summed E-state index contributed by atoms with van der Waals surface area (Å²) >= 11 is 0. The summed E-state index contributed by atoms with van der Waals surface area (Å²) in [5.74, 6) is -0.752. The van der Waals surface area contributed by atoms with E-state index in [2.05, 4.69) is 5.32 Å². The maximum Gasteiger partial charge on any atom is 0.250 e. The fraction of sp³-hybridized carbons (Fsp3) is 0.0909. The van der Waals surface area contributed by atoms with Crippen LogP contribution in [-0.2, 0) is 4.79 Å². The lowest BCUT2D eigenvalue weighted by Gasteiger charge is -1.97. The number of carbonyl (C=O) groups is 1. The van der Waals surface area contributed by atoms with E-state index < -0.39 is 5.91 Å². The number of benzene rings is 1. The molecule has 1 amide bonds. The molecule has 0 radical (unpaired) electrons. The van der Waals surface area contributed by atoms with Crippen molar-refractivity contribution >= 4 is 17.9 Å². The van der Waals surface area contributed by atoms with Crippen LogP contribution in [0, 0.1) is 12.3 Å². The molecule has 0 fully saturated rings. The highest BCUT2D eigenvalue weighted by molar-refractivity contribution is 6.02. The molecule has 0 aliphatic heterocycles. The number of amides is 1. The van der Waals surface area contributed by atoms with Crippen molar-refractivity contribution in [3.05, 3.63) is 41.5 Å². The quantitative estimate of drug-likeness (QED) is 0.381. The summed E-state index contributed by atoms with van der Waals surface area (Å²) < 4.78 is 0. The standard InChI is InChI=1S/C11H13N3O/c1-8-3-2-4-9(7-8)5-6-10(15)14-11(12)13/h2-7H,1H3,(H4,12,13,14,15)/b6-5+. The van der Waals surface area contributed by atoms with Gasteiger partial charge in [-0.1, -0.05) is 29.8 Å². The van der Waals surface area contributed by atoms with Gasteiger partial charge in [-0.25, -0.2) is 0 Å². The van der Waals surface area contributed by atoms with Crippen LogP contribution in [0.15, 0.2) is 30.3 Å². The van der Waals surface area contributed by atoms with Crippen LogP contribution in [0.5, 0.6) is 0 Å². The zero-order chi connectivity index (χ0) is 11.3. The van der Waals surface area contributed by atoms with Gasteiger partial charge >= 0.3 is 0 Å². The van der Waals surface area contributed by atoms with Crippen molar-refractivity contribution in [2.75, 3.05) is 0 Å². The highest BCUT2D eigenvalue weighted by atomic mass is 16.1. The van der Waals surface area contributed by atoms with E-state index in [1.54, 1.807) is 6.08 Å². The molecule has 0 aliphatic rings. The Morgan fingerprint density at radius 2 is 2.27 bits per heavy atom. The van der Waals surface area contributed by atoms with Crippen molar-refractivity contribution in [1.29, 1.82) is 5.41 Å². The van der Waals surface area contributed by atoms with Gasteiger partial charge in [0.05, 0.1) is 0 Å². The van der Waals surface area contributed by atoms with Crippen LogP contribution in [0.3, 0.4) is 0 Å². The molecular formula is C11H13N3O. The maximum absolute atomic E-state index is 11.1. The first kappa shape index (κ1) is 11.0. The Labute approximate surface area is 88.3 Å². The van der Waals surface area contributed by atoms with Gasteiger partial charge in [0, 0.05) is 6.08 Å². The van der Waals surface area contributed by atoms with Crippen LogP contribution in [0.25, 0.3) is 6.08 Å². The van der Waals surface area contributed by atoms with Gasteiger partial charge in [-0.3, -0.25) is 15.5 Å². The van der Waals surface area contributed by atoms with Gasteiger partial charge in [-0.2, -0.15) is 0 Å². The lowest BCUT2D eigenvalue weighted by molar-refractivity contribution is -0.115. The van der Waals surface area contributed by atoms with Gasteiger partial charge in [0.1, 0.15) is 0 Å². The van der Waals surface area contributed by atoms with E-state index in [-0.39, 0.29) is 5.96 Å². The summed E-state index contributed by atoms with van der Waals surface area (Å²) in [6, 6.07) is 7.74. The van der Waals surface area contributed by atoms with Gasteiger partial charge in [0.15, 0.2) is 5.96 Å². The number of nitrogens with one attached hydrogen (secondary N) is 2. The third-order valence-corrected chi connectivity index (χ3v) is 1.73. The molecule has 0 bridgehead atoms. The molecule has 0 atom stereocenters. The van der Waals surface area contributed by atoms with Crippen molar-refractivity contribution < 1.29 is 4.79 Å². The van der Waals surface area contributed by atoms with Crippen LogP contribution < -0.4 is 11.1 Å². The summed E-state index contributed by atoms with van der Waals surface area (Å²) in [7, 11) is 0. The first-order chi connectivity index (χ1) is 7.08. The Morgan fingerprint density at radius 1 is 1.53 bits per heavy atom. The third kappa shape index (κ3) is 4.08. The molecule has 1 aromatic carbocycles. The minimum atomic E-state index is -0.399.